The van der Waals surface area contributed by atoms with Crippen molar-refractivity contribution in [2.75, 3.05) is 0 Å². The Morgan fingerprint density at radius 3 is 2.47 bits per heavy atom. The molecular formula is C9H13NO4S. The Morgan fingerprint density at radius 2 is 2.00 bits per heavy atom. The maximum Gasteiger partial charge on any atom is 0.310 e. The second-order valence-corrected chi connectivity index (χ2v) is 6.03. The Balaban J connectivity index is 1.93. The van der Waals surface area contributed by atoms with E-state index in [2.05, 4.69) is 4.72 Å². The van der Waals surface area contributed by atoms with Crippen LogP contribution in [0.5, 0.6) is 0 Å². The molecule has 0 bridgehead atoms. The molecule has 5 nitrogen and oxygen atoms in total. The molecule has 2 aliphatic rings. The van der Waals surface area contributed by atoms with E-state index >= 15 is 0 Å². The summed E-state index contributed by atoms with van der Waals surface area (Å²) in [6.07, 6.45) is 4.92. The van der Waals surface area contributed by atoms with Crippen molar-refractivity contribution in [2.45, 2.75) is 30.6 Å². The molecule has 84 valence electrons. The van der Waals surface area contributed by atoms with Crippen molar-refractivity contribution >= 4 is 16.0 Å². The normalized spacial score (nSPS) is 30.7. The fourth-order valence-corrected chi connectivity index (χ4v) is 3.20. The summed E-state index contributed by atoms with van der Waals surface area (Å²) in [6, 6.07) is -0.350. The van der Waals surface area contributed by atoms with Gasteiger partial charge < -0.3 is 5.11 Å². The second kappa shape index (κ2) is 3.61. The van der Waals surface area contributed by atoms with Crippen LogP contribution >= 0.6 is 0 Å². The average Bonchev–Trinajstić information content (AvgIpc) is 2.88. The highest BCUT2D eigenvalue weighted by atomic mass is 32.2. The largest absolute Gasteiger partial charge is 0.481 e. The average molecular weight is 231 g/mol. The van der Waals surface area contributed by atoms with Crippen LogP contribution in [0.25, 0.3) is 0 Å². The Bertz CT molecular complexity index is 396. The summed E-state index contributed by atoms with van der Waals surface area (Å²) in [6.45, 7) is 0. The number of carboxylic acid groups (broad SMARTS) is 1. The molecule has 0 radical (unpaired) electrons. The number of hydrogen-bond donors (Lipinski definition) is 2. The van der Waals surface area contributed by atoms with Gasteiger partial charge in [0.05, 0.1) is 11.2 Å². The van der Waals surface area contributed by atoms with Crippen LogP contribution in [0.3, 0.4) is 0 Å². The van der Waals surface area contributed by atoms with Gasteiger partial charge in [0.25, 0.3) is 0 Å². The number of aliphatic carboxylic acids is 1. The van der Waals surface area contributed by atoms with Gasteiger partial charge in [0.1, 0.15) is 0 Å². The van der Waals surface area contributed by atoms with Gasteiger partial charge >= 0.3 is 5.97 Å². The zero-order valence-electron chi connectivity index (χ0n) is 8.09. The van der Waals surface area contributed by atoms with Gasteiger partial charge in [-0.15, -0.1) is 0 Å². The van der Waals surface area contributed by atoms with Crippen molar-refractivity contribution in [3.63, 3.8) is 0 Å². The SMILES string of the molecule is O=C(O)C1C=CC(NS(=O)(=O)C2CC2)C1. The molecule has 2 aliphatic carbocycles. The fraction of sp³-hybridized carbons (Fsp3) is 0.667. The van der Waals surface area contributed by atoms with E-state index in [1.165, 1.54) is 0 Å². The van der Waals surface area contributed by atoms with Gasteiger partial charge in [-0.3, -0.25) is 4.79 Å². The number of hydrogen-bond acceptors (Lipinski definition) is 3. The lowest BCUT2D eigenvalue weighted by Crippen LogP contribution is -2.35. The highest BCUT2D eigenvalue weighted by Crippen LogP contribution is 2.29. The molecule has 2 rings (SSSR count). The molecule has 0 aromatic heterocycles. The quantitative estimate of drug-likeness (QED) is 0.672. The summed E-state index contributed by atoms with van der Waals surface area (Å²) in [5, 5.41) is 8.47. The summed E-state index contributed by atoms with van der Waals surface area (Å²) < 4.78 is 25.6. The number of carboxylic acids is 1. The summed E-state index contributed by atoms with van der Waals surface area (Å²) in [7, 11) is -3.21. The van der Waals surface area contributed by atoms with E-state index in [1.54, 1.807) is 12.2 Å². The molecule has 0 spiro atoms. The Kier molecular flexibility index (Phi) is 2.56. The third-order valence-electron chi connectivity index (χ3n) is 2.68. The molecule has 6 heteroatoms. The monoisotopic (exact) mass is 231 g/mol. The number of carbonyl (C=O) groups is 1. The van der Waals surface area contributed by atoms with E-state index in [9.17, 15) is 13.2 Å². The highest BCUT2D eigenvalue weighted by Gasteiger charge is 2.38. The Labute approximate surface area is 88.2 Å². The van der Waals surface area contributed by atoms with Gasteiger partial charge in [-0.05, 0) is 19.3 Å². The Morgan fingerprint density at radius 1 is 1.33 bits per heavy atom. The van der Waals surface area contributed by atoms with Crippen LogP contribution in [-0.2, 0) is 14.8 Å². The van der Waals surface area contributed by atoms with Crippen LogP contribution in [0.15, 0.2) is 12.2 Å². The minimum Gasteiger partial charge on any atom is -0.481 e. The lowest BCUT2D eigenvalue weighted by Gasteiger charge is -2.11. The van der Waals surface area contributed by atoms with Gasteiger partial charge in [0.2, 0.25) is 10.0 Å². The van der Waals surface area contributed by atoms with Gasteiger partial charge in [-0.25, -0.2) is 13.1 Å². The lowest BCUT2D eigenvalue weighted by molar-refractivity contribution is -0.140. The van der Waals surface area contributed by atoms with Crippen LogP contribution in [-0.4, -0.2) is 30.8 Å². The minimum atomic E-state index is -3.21. The number of rotatable bonds is 4. The third-order valence-corrected chi connectivity index (χ3v) is 4.66. The van der Waals surface area contributed by atoms with Crippen LogP contribution in [0.4, 0.5) is 0 Å². The van der Waals surface area contributed by atoms with Crippen LogP contribution < -0.4 is 4.72 Å². The van der Waals surface area contributed by atoms with Crippen molar-refractivity contribution in [3.05, 3.63) is 12.2 Å². The van der Waals surface area contributed by atoms with Crippen molar-refractivity contribution in [2.24, 2.45) is 5.92 Å². The molecule has 15 heavy (non-hydrogen) atoms. The molecule has 1 saturated carbocycles. The summed E-state index contributed by atoms with van der Waals surface area (Å²) >= 11 is 0. The number of nitrogens with one attached hydrogen (secondary N) is 1. The molecule has 2 N–H and O–H groups in total. The van der Waals surface area contributed by atoms with Crippen LogP contribution in [0.2, 0.25) is 0 Å². The zero-order chi connectivity index (χ0) is 11.1. The first kappa shape index (κ1) is 10.6. The van der Waals surface area contributed by atoms with Crippen molar-refractivity contribution in [3.8, 4) is 0 Å². The van der Waals surface area contributed by atoms with Crippen molar-refractivity contribution in [1.82, 2.24) is 4.72 Å². The highest BCUT2D eigenvalue weighted by molar-refractivity contribution is 7.90. The van der Waals surface area contributed by atoms with Gasteiger partial charge in [0, 0.05) is 6.04 Å². The van der Waals surface area contributed by atoms with Gasteiger partial charge in [0.15, 0.2) is 0 Å². The summed E-state index contributed by atoms with van der Waals surface area (Å²) in [4.78, 5) is 10.6. The molecular weight excluding hydrogens is 218 g/mol. The van der Waals surface area contributed by atoms with Gasteiger partial charge in [-0.2, -0.15) is 0 Å². The molecule has 0 aliphatic heterocycles. The minimum absolute atomic E-state index is 0.255. The molecule has 0 aromatic rings. The number of sulfonamides is 1. The summed E-state index contributed by atoms with van der Waals surface area (Å²) in [5.41, 5.74) is 0. The first-order valence-corrected chi connectivity index (χ1v) is 6.46. The molecule has 1 fully saturated rings. The lowest BCUT2D eigenvalue weighted by atomic mass is 10.1. The van der Waals surface area contributed by atoms with E-state index in [0.29, 0.717) is 19.3 Å². The van der Waals surface area contributed by atoms with Crippen LogP contribution in [0.1, 0.15) is 19.3 Å². The molecule has 0 heterocycles. The van der Waals surface area contributed by atoms with E-state index in [4.69, 9.17) is 5.11 Å². The molecule has 2 atom stereocenters. The third kappa shape index (κ3) is 2.38. The predicted octanol–water partition coefficient (Wildman–Crippen LogP) is 0.0975. The predicted molar refractivity (Wildman–Crippen MR) is 53.7 cm³/mol. The van der Waals surface area contributed by atoms with E-state index in [0.717, 1.165) is 0 Å². The second-order valence-electron chi connectivity index (χ2n) is 4.03. The van der Waals surface area contributed by atoms with E-state index < -0.39 is 21.9 Å². The van der Waals surface area contributed by atoms with Gasteiger partial charge in [-0.1, -0.05) is 12.2 Å². The van der Waals surface area contributed by atoms with E-state index in [1.807, 2.05) is 0 Å². The maximum absolute atomic E-state index is 11.5. The summed E-state index contributed by atoms with van der Waals surface area (Å²) in [5.74, 6) is -1.46. The molecule has 0 saturated heterocycles. The van der Waals surface area contributed by atoms with E-state index in [-0.39, 0.29) is 11.3 Å². The Hall–Kier alpha value is -0.880. The topological polar surface area (TPSA) is 83.5 Å². The molecule has 2 unspecified atom stereocenters. The molecule has 0 aromatic carbocycles. The smallest absolute Gasteiger partial charge is 0.310 e. The molecule has 0 amide bonds. The first-order chi connectivity index (χ1) is 6.99. The zero-order valence-corrected chi connectivity index (χ0v) is 8.90. The standard InChI is InChI=1S/C9H13NO4S/c11-9(12)6-1-2-7(5-6)10-15(13,14)8-3-4-8/h1-2,6-8,10H,3-5H2,(H,11,12). The first-order valence-electron chi connectivity index (χ1n) is 4.91. The van der Waals surface area contributed by atoms with Crippen molar-refractivity contribution < 1.29 is 18.3 Å². The fourth-order valence-electron chi connectivity index (χ4n) is 1.66. The van der Waals surface area contributed by atoms with Crippen LogP contribution in [0, 0.1) is 5.92 Å². The van der Waals surface area contributed by atoms with Crippen molar-refractivity contribution in [1.29, 1.82) is 0 Å². The maximum atomic E-state index is 11.5.